The Balaban J connectivity index is 1.52. The number of piperidine rings is 1. The zero-order chi connectivity index (χ0) is 29.3. The van der Waals surface area contributed by atoms with E-state index >= 15 is 4.39 Å². The van der Waals surface area contributed by atoms with Crippen molar-refractivity contribution in [1.29, 1.82) is 0 Å². The molecule has 3 N–H and O–H groups in total. The van der Waals surface area contributed by atoms with Gasteiger partial charge in [0.25, 0.3) is 0 Å². The second kappa shape index (κ2) is 11.4. The van der Waals surface area contributed by atoms with E-state index in [2.05, 4.69) is 15.7 Å². The molecular weight excluding hydrogens is 533 g/mol. The molecule has 0 bridgehead atoms. The van der Waals surface area contributed by atoms with Crippen molar-refractivity contribution in [3.05, 3.63) is 48.0 Å². The number of fused-ring (bicyclic) bond motifs is 2. The number of carbonyl (C=O) groups excluding carboxylic acids is 3. The molecule has 4 aromatic rings. The van der Waals surface area contributed by atoms with Crippen LogP contribution in [0.15, 0.2) is 36.5 Å². The summed E-state index contributed by atoms with van der Waals surface area (Å²) >= 11 is 0. The Hall–Kier alpha value is -4.81. The fourth-order valence-corrected chi connectivity index (χ4v) is 5.39. The third kappa shape index (κ3) is 5.60. The number of nitrogens with zero attached hydrogens (tertiary/aromatic N) is 5. The maximum atomic E-state index is 15.9. The Labute approximate surface area is 234 Å². The van der Waals surface area contributed by atoms with E-state index in [4.69, 9.17) is 10.2 Å². The van der Waals surface area contributed by atoms with E-state index in [1.165, 1.54) is 9.36 Å². The van der Waals surface area contributed by atoms with E-state index in [0.29, 0.717) is 53.5 Å². The van der Waals surface area contributed by atoms with Gasteiger partial charge in [-0.3, -0.25) is 28.5 Å². The minimum Gasteiger partial charge on any atom is -0.480 e. The number of amides is 3. The van der Waals surface area contributed by atoms with Gasteiger partial charge in [0.2, 0.25) is 17.7 Å². The Kier molecular flexibility index (Phi) is 7.68. The Morgan fingerprint density at radius 1 is 1.02 bits per heavy atom. The van der Waals surface area contributed by atoms with E-state index in [-0.39, 0.29) is 24.9 Å². The van der Waals surface area contributed by atoms with Gasteiger partial charge in [0.15, 0.2) is 5.82 Å². The van der Waals surface area contributed by atoms with Crippen molar-refractivity contribution < 1.29 is 28.7 Å². The maximum Gasteiger partial charge on any atom is 0.322 e. The minimum atomic E-state index is -1.19. The predicted molar refractivity (Wildman–Crippen MR) is 147 cm³/mol. The monoisotopic (exact) mass is 563 g/mol. The lowest BCUT2D eigenvalue weighted by atomic mass is 9.89. The van der Waals surface area contributed by atoms with Crippen molar-refractivity contribution in [3.63, 3.8) is 0 Å². The normalized spacial score (nSPS) is 14.0. The van der Waals surface area contributed by atoms with Crippen LogP contribution in [0.4, 0.5) is 4.39 Å². The first-order valence-electron chi connectivity index (χ1n) is 13.2. The summed E-state index contributed by atoms with van der Waals surface area (Å²) < 4.78 is 19.0. The van der Waals surface area contributed by atoms with Crippen LogP contribution >= 0.6 is 0 Å². The summed E-state index contributed by atoms with van der Waals surface area (Å²) in [6.07, 6.45) is 2.94. The molecule has 0 aliphatic carbocycles. The molecule has 1 aliphatic heterocycles. The molecule has 2 aromatic carbocycles. The predicted octanol–water partition coefficient (Wildman–Crippen LogP) is 1.77. The van der Waals surface area contributed by atoms with Crippen LogP contribution in [0.3, 0.4) is 0 Å². The fourth-order valence-electron chi connectivity index (χ4n) is 5.39. The first-order valence-corrected chi connectivity index (χ1v) is 13.2. The van der Waals surface area contributed by atoms with Gasteiger partial charge in [-0.25, -0.2) is 4.39 Å². The molecule has 3 amide bonds. The third-order valence-electron chi connectivity index (χ3n) is 7.44. The highest BCUT2D eigenvalue weighted by Crippen LogP contribution is 2.40. The average molecular weight is 564 g/mol. The van der Waals surface area contributed by atoms with Crippen LogP contribution in [-0.4, -0.2) is 79.4 Å². The molecule has 1 aliphatic rings. The number of aliphatic carboxylic acids is 1. The Morgan fingerprint density at radius 2 is 1.76 bits per heavy atom. The molecule has 5 rings (SSSR count). The van der Waals surface area contributed by atoms with Crippen molar-refractivity contribution in [2.45, 2.75) is 32.2 Å². The van der Waals surface area contributed by atoms with E-state index in [9.17, 15) is 19.2 Å². The fraction of sp³-hybridized carbons (Fsp3) is 0.357. The van der Waals surface area contributed by atoms with Gasteiger partial charge in [0.1, 0.15) is 18.6 Å². The number of halogens is 1. The molecule has 0 spiro atoms. The van der Waals surface area contributed by atoms with Crippen molar-refractivity contribution in [2.24, 2.45) is 7.05 Å². The standard InChI is InChI=1S/C28H30FN7O5/c1-16(37)35-10-8-17(9-11-35)27-25-19(20-7-6-18-12-32-34(2)28(18)26(20)29)4-3-5-21(25)36(33-27)15-23(39)30-13-22(38)31-14-24(40)41/h3-7,12,17H,8-11,13-15H2,1-2H3,(H,30,39)(H,31,38)(H,40,41). The van der Waals surface area contributed by atoms with Gasteiger partial charge in [-0.15, -0.1) is 0 Å². The van der Waals surface area contributed by atoms with Gasteiger partial charge in [-0.05, 0) is 24.5 Å². The van der Waals surface area contributed by atoms with Crippen LogP contribution in [0.25, 0.3) is 32.9 Å². The third-order valence-corrected chi connectivity index (χ3v) is 7.44. The Bertz CT molecular complexity index is 1670. The van der Waals surface area contributed by atoms with Crippen LogP contribution in [0, 0.1) is 5.82 Å². The molecule has 13 heteroatoms. The van der Waals surface area contributed by atoms with Gasteiger partial charge in [0, 0.05) is 49.3 Å². The SMILES string of the molecule is CC(=O)N1CCC(c2nn(CC(=O)NCC(=O)NCC(=O)O)c3cccc(-c4ccc5cnn(C)c5c4F)c23)CC1. The van der Waals surface area contributed by atoms with Crippen molar-refractivity contribution in [1.82, 2.24) is 35.1 Å². The number of aromatic nitrogens is 4. The van der Waals surface area contributed by atoms with Gasteiger partial charge in [-0.1, -0.05) is 24.3 Å². The van der Waals surface area contributed by atoms with Crippen LogP contribution in [0.2, 0.25) is 0 Å². The molecule has 0 radical (unpaired) electrons. The number of hydrogen-bond donors (Lipinski definition) is 3. The van der Waals surface area contributed by atoms with Crippen molar-refractivity contribution >= 4 is 45.5 Å². The summed E-state index contributed by atoms with van der Waals surface area (Å²) in [6, 6.07) is 8.96. The first-order chi connectivity index (χ1) is 19.6. The molecule has 12 nitrogen and oxygen atoms in total. The van der Waals surface area contributed by atoms with Crippen molar-refractivity contribution in [3.8, 4) is 11.1 Å². The number of carboxylic acid groups (broad SMARTS) is 1. The first kappa shape index (κ1) is 27.7. The lowest BCUT2D eigenvalue weighted by molar-refractivity contribution is -0.137. The van der Waals surface area contributed by atoms with E-state index in [0.717, 1.165) is 11.1 Å². The molecule has 41 heavy (non-hydrogen) atoms. The molecule has 3 heterocycles. The lowest BCUT2D eigenvalue weighted by Crippen LogP contribution is -2.40. The van der Waals surface area contributed by atoms with Crippen molar-refractivity contribution in [2.75, 3.05) is 26.2 Å². The van der Waals surface area contributed by atoms with Gasteiger partial charge in [-0.2, -0.15) is 10.2 Å². The topological polar surface area (TPSA) is 151 Å². The zero-order valence-corrected chi connectivity index (χ0v) is 22.7. The molecule has 2 aromatic heterocycles. The molecule has 1 saturated heterocycles. The van der Waals surface area contributed by atoms with Gasteiger partial charge >= 0.3 is 5.97 Å². The summed E-state index contributed by atoms with van der Waals surface area (Å²) in [5.74, 6) is -2.74. The molecular formula is C28H30FN7O5. The summed E-state index contributed by atoms with van der Waals surface area (Å²) in [5, 5.41) is 23.8. The molecule has 0 unspecified atom stereocenters. The smallest absolute Gasteiger partial charge is 0.322 e. The Morgan fingerprint density at radius 3 is 2.46 bits per heavy atom. The molecule has 0 saturated carbocycles. The average Bonchev–Trinajstić information content (AvgIpc) is 3.52. The van der Waals surface area contributed by atoms with Crippen LogP contribution < -0.4 is 10.6 Å². The number of rotatable bonds is 8. The zero-order valence-electron chi connectivity index (χ0n) is 22.7. The summed E-state index contributed by atoms with van der Waals surface area (Å²) in [6.45, 7) is 1.54. The van der Waals surface area contributed by atoms with Gasteiger partial charge < -0.3 is 20.6 Å². The van der Waals surface area contributed by atoms with Crippen LogP contribution in [0.5, 0.6) is 0 Å². The second-order valence-electron chi connectivity index (χ2n) is 10.1. The summed E-state index contributed by atoms with van der Waals surface area (Å²) in [4.78, 5) is 49.0. The molecule has 214 valence electrons. The van der Waals surface area contributed by atoms with Gasteiger partial charge in [0.05, 0.1) is 24.0 Å². The number of aryl methyl sites for hydroxylation is 1. The number of hydrogen-bond acceptors (Lipinski definition) is 6. The maximum absolute atomic E-state index is 15.9. The molecule has 0 atom stereocenters. The number of nitrogens with one attached hydrogen (secondary N) is 2. The minimum absolute atomic E-state index is 0.00939. The highest BCUT2D eigenvalue weighted by molar-refractivity contribution is 6.00. The van der Waals surface area contributed by atoms with Crippen LogP contribution in [-0.2, 0) is 32.8 Å². The quantitative estimate of drug-likeness (QED) is 0.296. The highest BCUT2D eigenvalue weighted by Gasteiger charge is 2.29. The molecule has 1 fully saturated rings. The summed E-state index contributed by atoms with van der Waals surface area (Å²) in [7, 11) is 1.68. The summed E-state index contributed by atoms with van der Waals surface area (Å²) in [5.41, 5.74) is 2.74. The highest BCUT2D eigenvalue weighted by atomic mass is 19.1. The van der Waals surface area contributed by atoms with E-state index in [1.807, 2.05) is 18.2 Å². The van der Waals surface area contributed by atoms with Crippen LogP contribution in [0.1, 0.15) is 31.4 Å². The van der Waals surface area contributed by atoms with E-state index < -0.39 is 30.1 Å². The number of likely N-dealkylation sites (tertiary alicyclic amines) is 1. The number of carbonyl (C=O) groups is 4. The number of carboxylic acids is 1. The van der Waals surface area contributed by atoms with E-state index in [1.54, 1.807) is 37.2 Å². The second-order valence-corrected chi connectivity index (χ2v) is 10.1. The lowest BCUT2D eigenvalue weighted by Gasteiger charge is -2.30. The number of benzene rings is 2. The largest absolute Gasteiger partial charge is 0.480 e.